The minimum Gasteiger partial charge on any atom is -0.495 e. The van der Waals surface area contributed by atoms with E-state index < -0.39 is 16.1 Å². The second-order valence-corrected chi connectivity index (χ2v) is 6.43. The number of methoxy groups -OCH3 is 1. The summed E-state index contributed by atoms with van der Waals surface area (Å²) in [6.45, 7) is 3.59. The number of aryl methyl sites for hydroxylation is 1. The summed E-state index contributed by atoms with van der Waals surface area (Å²) in [5, 5.41) is 0. The molecule has 112 valence electrons. The molecule has 0 aliphatic carbocycles. The van der Waals surface area contributed by atoms with Crippen molar-refractivity contribution in [3.63, 3.8) is 0 Å². The highest BCUT2D eigenvalue weighted by atomic mass is 32.2. The molecule has 0 saturated carbocycles. The molecule has 1 aromatic heterocycles. The fraction of sp³-hybridized carbons (Fsp3) is 0.267. The first kappa shape index (κ1) is 15.5. The lowest BCUT2D eigenvalue weighted by molar-refractivity contribution is 0.402. The molecule has 1 unspecified atom stereocenters. The van der Waals surface area contributed by atoms with Crippen LogP contribution in [0, 0.1) is 6.92 Å². The first-order chi connectivity index (χ1) is 9.94. The lowest BCUT2D eigenvalue weighted by atomic mass is 10.2. The minimum atomic E-state index is -3.69. The van der Waals surface area contributed by atoms with Gasteiger partial charge in [-0.25, -0.2) is 13.1 Å². The van der Waals surface area contributed by atoms with Crippen molar-refractivity contribution in [2.45, 2.75) is 24.8 Å². The van der Waals surface area contributed by atoms with E-state index in [2.05, 4.69) is 9.71 Å². The van der Waals surface area contributed by atoms with Gasteiger partial charge < -0.3 is 4.74 Å². The van der Waals surface area contributed by atoms with Crippen LogP contribution in [0.3, 0.4) is 0 Å². The highest BCUT2D eigenvalue weighted by molar-refractivity contribution is 7.89. The molecule has 1 heterocycles. The summed E-state index contributed by atoms with van der Waals surface area (Å²) in [6, 6.07) is 10.00. The van der Waals surface area contributed by atoms with Gasteiger partial charge in [0, 0.05) is 6.20 Å². The van der Waals surface area contributed by atoms with Crippen LogP contribution >= 0.6 is 0 Å². The second kappa shape index (κ2) is 6.24. The van der Waals surface area contributed by atoms with E-state index in [9.17, 15) is 8.42 Å². The zero-order valence-electron chi connectivity index (χ0n) is 12.2. The Morgan fingerprint density at radius 3 is 2.62 bits per heavy atom. The van der Waals surface area contributed by atoms with E-state index in [-0.39, 0.29) is 4.90 Å². The number of hydrogen-bond acceptors (Lipinski definition) is 4. The molecular formula is C15H18N2O3S. The van der Waals surface area contributed by atoms with Crippen LogP contribution in [0.1, 0.15) is 24.2 Å². The molecule has 0 bridgehead atoms. The molecule has 0 radical (unpaired) electrons. The van der Waals surface area contributed by atoms with E-state index in [0.717, 1.165) is 5.56 Å². The molecule has 0 aliphatic heterocycles. The van der Waals surface area contributed by atoms with Crippen LogP contribution in [-0.2, 0) is 10.0 Å². The average molecular weight is 306 g/mol. The molecular weight excluding hydrogens is 288 g/mol. The van der Waals surface area contributed by atoms with Crippen LogP contribution in [0.2, 0.25) is 0 Å². The molecule has 1 aromatic carbocycles. The van der Waals surface area contributed by atoms with Crippen LogP contribution in [0.25, 0.3) is 0 Å². The summed E-state index contributed by atoms with van der Waals surface area (Å²) in [5.41, 5.74) is 1.51. The molecule has 0 amide bonds. The number of hydrogen-bond donors (Lipinski definition) is 1. The summed E-state index contributed by atoms with van der Waals surface area (Å²) in [7, 11) is -2.24. The predicted molar refractivity (Wildman–Crippen MR) is 80.7 cm³/mol. The Bertz CT molecular complexity index is 715. The Labute approximate surface area is 125 Å². The molecule has 21 heavy (non-hydrogen) atoms. The van der Waals surface area contributed by atoms with Gasteiger partial charge in [0.15, 0.2) is 0 Å². The van der Waals surface area contributed by atoms with Gasteiger partial charge in [-0.05, 0) is 43.7 Å². The van der Waals surface area contributed by atoms with Crippen molar-refractivity contribution in [1.29, 1.82) is 0 Å². The van der Waals surface area contributed by atoms with Gasteiger partial charge in [-0.1, -0.05) is 12.1 Å². The third-order valence-corrected chi connectivity index (χ3v) is 4.63. The number of ether oxygens (including phenoxy) is 1. The second-order valence-electron chi connectivity index (χ2n) is 4.75. The highest BCUT2D eigenvalue weighted by Gasteiger charge is 2.22. The third kappa shape index (κ3) is 3.59. The normalized spacial score (nSPS) is 12.9. The zero-order chi connectivity index (χ0) is 15.5. The van der Waals surface area contributed by atoms with Crippen molar-refractivity contribution < 1.29 is 13.2 Å². The van der Waals surface area contributed by atoms with Crippen molar-refractivity contribution in [1.82, 2.24) is 9.71 Å². The van der Waals surface area contributed by atoms with Gasteiger partial charge in [-0.15, -0.1) is 0 Å². The number of pyridine rings is 1. The Hall–Kier alpha value is -1.92. The summed E-state index contributed by atoms with van der Waals surface area (Å²) in [4.78, 5) is 4.29. The number of benzene rings is 1. The van der Waals surface area contributed by atoms with E-state index in [1.54, 1.807) is 43.5 Å². The fourth-order valence-electron chi connectivity index (χ4n) is 1.98. The number of sulfonamides is 1. The van der Waals surface area contributed by atoms with Crippen LogP contribution in [0.5, 0.6) is 5.75 Å². The molecule has 0 saturated heterocycles. The smallest absolute Gasteiger partial charge is 0.244 e. The topological polar surface area (TPSA) is 68.3 Å². The predicted octanol–water partition coefficient (Wildman–Crippen LogP) is 2.44. The van der Waals surface area contributed by atoms with E-state index >= 15 is 0 Å². The third-order valence-electron chi connectivity index (χ3n) is 3.07. The fourth-order valence-corrected chi connectivity index (χ4v) is 3.45. The monoisotopic (exact) mass is 306 g/mol. The van der Waals surface area contributed by atoms with Gasteiger partial charge in [0.1, 0.15) is 10.6 Å². The quantitative estimate of drug-likeness (QED) is 0.921. The van der Waals surface area contributed by atoms with Gasteiger partial charge in [0.25, 0.3) is 0 Å². The SMILES string of the molecule is COc1ccc(C)cc1S(=O)(=O)NC(C)c1ccccn1. The first-order valence-corrected chi connectivity index (χ1v) is 8.00. The molecule has 5 nitrogen and oxygen atoms in total. The number of aromatic nitrogens is 1. The maximum absolute atomic E-state index is 12.5. The maximum atomic E-state index is 12.5. The molecule has 0 aliphatic rings. The van der Waals surface area contributed by atoms with Crippen molar-refractivity contribution in [3.05, 3.63) is 53.9 Å². The Balaban J connectivity index is 2.33. The Morgan fingerprint density at radius 1 is 1.24 bits per heavy atom. The lowest BCUT2D eigenvalue weighted by Crippen LogP contribution is -2.27. The van der Waals surface area contributed by atoms with Crippen LogP contribution in [-0.4, -0.2) is 20.5 Å². The summed E-state index contributed by atoms with van der Waals surface area (Å²) in [6.07, 6.45) is 1.63. The van der Waals surface area contributed by atoms with Gasteiger partial charge in [0.05, 0.1) is 18.8 Å². The van der Waals surface area contributed by atoms with Crippen molar-refractivity contribution >= 4 is 10.0 Å². The average Bonchev–Trinajstić information content (AvgIpc) is 2.47. The van der Waals surface area contributed by atoms with Gasteiger partial charge in [0.2, 0.25) is 10.0 Å². The standard InChI is InChI=1S/C15H18N2O3S/c1-11-7-8-14(20-3)15(10-11)21(18,19)17-12(2)13-6-4-5-9-16-13/h4-10,12,17H,1-3H3. The van der Waals surface area contributed by atoms with E-state index in [4.69, 9.17) is 4.74 Å². The molecule has 1 atom stereocenters. The van der Waals surface area contributed by atoms with Gasteiger partial charge in [-0.2, -0.15) is 0 Å². The molecule has 0 fully saturated rings. The molecule has 0 spiro atoms. The van der Waals surface area contributed by atoms with Crippen molar-refractivity contribution in [2.24, 2.45) is 0 Å². The van der Waals surface area contributed by atoms with Gasteiger partial charge >= 0.3 is 0 Å². The van der Waals surface area contributed by atoms with Crippen LogP contribution in [0.4, 0.5) is 0 Å². The Morgan fingerprint density at radius 2 is 2.00 bits per heavy atom. The minimum absolute atomic E-state index is 0.132. The Kier molecular flexibility index (Phi) is 4.59. The molecule has 1 N–H and O–H groups in total. The van der Waals surface area contributed by atoms with E-state index in [1.165, 1.54) is 7.11 Å². The molecule has 2 aromatic rings. The zero-order valence-corrected chi connectivity index (χ0v) is 13.0. The number of nitrogens with one attached hydrogen (secondary N) is 1. The highest BCUT2D eigenvalue weighted by Crippen LogP contribution is 2.26. The van der Waals surface area contributed by atoms with E-state index in [1.807, 2.05) is 13.0 Å². The lowest BCUT2D eigenvalue weighted by Gasteiger charge is -2.16. The summed E-state index contributed by atoms with van der Waals surface area (Å²) in [5.74, 6) is 0.321. The van der Waals surface area contributed by atoms with Crippen LogP contribution < -0.4 is 9.46 Å². The van der Waals surface area contributed by atoms with Crippen molar-refractivity contribution in [3.8, 4) is 5.75 Å². The number of nitrogens with zero attached hydrogens (tertiary/aromatic N) is 1. The van der Waals surface area contributed by atoms with Crippen LogP contribution in [0.15, 0.2) is 47.5 Å². The molecule has 6 heteroatoms. The molecule has 2 rings (SSSR count). The summed E-state index contributed by atoms with van der Waals surface area (Å²) >= 11 is 0. The first-order valence-electron chi connectivity index (χ1n) is 6.52. The van der Waals surface area contributed by atoms with Crippen molar-refractivity contribution in [2.75, 3.05) is 7.11 Å². The van der Waals surface area contributed by atoms with Gasteiger partial charge in [-0.3, -0.25) is 4.98 Å². The maximum Gasteiger partial charge on any atom is 0.244 e. The summed E-state index contributed by atoms with van der Waals surface area (Å²) < 4.78 is 32.8. The largest absolute Gasteiger partial charge is 0.495 e. The number of rotatable bonds is 5. The van der Waals surface area contributed by atoms with E-state index in [0.29, 0.717) is 11.4 Å².